The maximum atomic E-state index is 11.6. The van der Waals surface area contributed by atoms with Crippen molar-refractivity contribution in [3.63, 3.8) is 0 Å². The van der Waals surface area contributed by atoms with Crippen LogP contribution in [0.2, 0.25) is 0 Å². The van der Waals surface area contributed by atoms with E-state index in [4.69, 9.17) is 9.88 Å². The van der Waals surface area contributed by atoms with Gasteiger partial charge in [-0.3, -0.25) is 0 Å². The van der Waals surface area contributed by atoms with Crippen molar-refractivity contribution in [1.82, 2.24) is 0 Å². The van der Waals surface area contributed by atoms with E-state index in [0.29, 0.717) is 17.7 Å². The van der Waals surface area contributed by atoms with E-state index in [1.54, 1.807) is 18.2 Å². The number of hydrogen-bond acceptors (Lipinski definition) is 3. The van der Waals surface area contributed by atoms with E-state index in [-0.39, 0.29) is 4.90 Å². The lowest BCUT2D eigenvalue weighted by Crippen LogP contribution is -2.12. The molecule has 0 aromatic heterocycles. The summed E-state index contributed by atoms with van der Waals surface area (Å²) < 4.78 is 28.9. The number of allylic oxidation sites excluding steroid dienone is 1. The van der Waals surface area contributed by atoms with E-state index in [1.165, 1.54) is 6.07 Å². The predicted molar refractivity (Wildman–Crippen MR) is 80.2 cm³/mol. The second-order valence-corrected chi connectivity index (χ2v) is 6.27. The third kappa shape index (κ3) is 3.18. The van der Waals surface area contributed by atoms with Gasteiger partial charge in [0.15, 0.2) is 0 Å². The molecule has 5 heteroatoms. The number of rotatable bonds is 4. The summed E-state index contributed by atoms with van der Waals surface area (Å²) in [4.78, 5) is 0.114. The summed E-state index contributed by atoms with van der Waals surface area (Å²) in [6, 6.07) is 10.3. The van der Waals surface area contributed by atoms with Crippen molar-refractivity contribution in [2.24, 2.45) is 5.14 Å². The lowest BCUT2D eigenvalue weighted by Gasteiger charge is -2.10. The second-order valence-electron chi connectivity index (χ2n) is 4.74. The number of ether oxygens (including phenoxy) is 1. The molecule has 2 aromatic rings. The molecule has 0 spiro atoms. The van der Waals surface area contributed by atoms with Crippen LogP contribution in [0, 0.1) is 0 Å². The Morgan fingerprint density at radius 2 is 1.80 bits per heavy atom. The van der Waals surface area contributed by atoms with E-state index in [9.17, 15) is 8.42 Å². The van der Waals surface area contributed by atoms with E-state index in [0.717, 1.165) is 11.0 Å². The molecule has 2 rings (SSSR count). The van der Waals surface area contributed by atoms with Gasteiger partial charge in [-0.15, -0.1) is 0 Å². The Hall–Kier alpha value is -1.85. The minimum atomic E-state index is -3.75. The fourth-order valence-electron chi connectivity index (χ4n) is 1.92. The first-order valence-corrected chi connectivity index (χ1v) is 7.75. The number of primary sulfonamides is 1. The van der Waals surface area contributed by atoms with E-state index < -0.39 is 10.0 Å². The molecular formula is C15H17NO3S. The Bertz CT molecular complexity index is 760. The fraction of sp³-hybridized carbons (Fsp3) is 0.200. The Morgan fingerprint density at radius 3 is 2.40 bits per heavy atom. The average molecular weight is 291 g/mol. The molecule has 2 N–H and O–H groups in total. The van der Waals surface area contributed by atoms with Gasteiger partial charge in [0.1, 0.15) is 12.4 Å². The molecule has 2 aromatic carbocycles. The molecular weight excluding hydrogens is 274 g/mol. The molecule has 0 amide bonds. The maximum Gasteiger partial charge on any atom is 0.238 e. The first-order valence-electron chi connectivity index (χ1n) is 6.20. The van der Waals surface area contributed by atoms with Crippen molar-refractivity contribution >= 4 is 20.8 Å². The highest BCUT2D eigenvalue weighted by Crippen LogP contribution is 2.30. The third-order valence-electron chi connectivity index (χ3n) is 2.88. The van der Waals surface area contributed by atoms with Crippen LogP contribution in [-0.4, -0.2) is 15.0 Å². The Labute approximate surface area is 118 Å². The summed E-state index contributed by atoms with van der Waals surface area (Å²) in [6.07, 6.45) is 1.96. The van der Waals surface area contributed by atoms with E-state index in [2.05, 4.69) is 0 Å². The quantitative estimate of drug-likeness (QED) is 0.881. The SMILES string of the molecule is CC(C)=CCOc1ccc(S(N)(=O)=O)c2ccccc12. The van der Waals surface area contributed by atoms with Gasteiger partial charge in [-0.05, 0) is 32.1 Å². The zero-order valence-corrected chi connectivity index (χ0v) is 12.3. The highest BCUT2D eigenvalue weighted by Gasteiger charge is 2.14. The standard InChI is InChI=1S/C15H17NO3S/c1-11(2)9-10-19-14-7-8-15(20(16,17)18)13-6-4-3-5-12(13)14/h3-9H,10H2,1-2H3,(H2,16,17,18). The molecule has 20 heavy (non-hydrogen) atoms. The Balaban J connectivity index is 2.52. The molecule has 0 bridgehead atoms. The van der Waals surface area contributed by atoms with Crippen LogP contribution in [0.1, 0.15) is 13.8 Å². The molecule has 0 aliphatic heterocycles. The van der Waals surface area contributed by atoms with Crippen LogP contribution < -0.4 is 9.88 Å². The topological polar surface area (TPSA) is 69.4 Å². The van der Waals surface area contributed by atoms with E-state index in [1.807, 2.05) is 32.1 Å². The molecule has 0 aliphatic carbocycles. The van der Waals surface area contributed by atoms with Gasteiger partial charge >= 0.3 is 0 Å². The minimum absolute atomic E-state index is 0.114. The number of hydrogen-bond donors (Lipinski definition) is 1. The van der Waals surface area contributed by atoms with Crippen LogP contribution >= 0.6 is 0 Å². The number of sulfonamides is 1. The summed E-state index contributed by atoms with van der Waals surface area (Å²) >= 11 is 0. The van der Waals surface area contributed by atoms with Crippen LogP contribution in [-0.2, 0) is 10.0 Å². The Kier molecular flexibility index (Phi) is 4.11. The van der Waals surface area contributed by atoms with Gasteiger partial charge in [-0.1, -0.05) is 29.8 Å². The summed E-state index contributed by atoms with van der Waals surface area (Å²) in [5.41, 5.74) is 1.16. The molecule has 0 fully saturated rings. The molecule has 0 radical (unpaired) electrons. The zero-order valence-electron chi connectivity index (χ0n) is 11.5. The van der Waals surface area contributed by atoms with Crippen molar-refractivity contribution in [3.8, 4) is 5.75 Å². The maximum absolute atomic E-state index is 11.6. The summed E-state index contributed by atoms with van der Waals surface area (Å²) in [6.45, 7) is 4.43. The third-order valence-corrected chi connectivity index (χ3v) is 3.85. The number of fused-ring (bicyclic) bond motifs is 1. The predicted octanol–water partition coefficient (Wildman–Crippen LogP) is 2.83. The smallest absolute Gasteiger partial charge is 0.238 e. The summed E-state index contributed by atoms with van der Waals surface area (Å²) in [5, 5.41) is 6.55. The lowest BCUT2D eigenvalue weighted by atomic mass is 10.1. The Morgan fingerprint density at radius 1 is 1.15 bits per heavy atom. The minimum Gasteiger partial charge on any atom is -0.489 e. The normalized spacial score (nSPS) is 11.3. The molecule has 0 atom stereocenters. The van der Waals surface area contributed by atoms with Gasteiger partial charge in [0.05, 0.1) is 4.90 Å². The van der Waals surface area contributed by atoms with Crippen molar-refractivity contribution < 1.29 is 13.2 Å². The van der Waals surface area contributed by atoms with Crippen LogP contribution in [0.4, 0.5) is 0 Å². The largest absolute Gasteiger partial charge is 0.489 e. The van der Waals surface area contributed by atoms with Gasteiger partial charge in [0, 0.05) is 10.8 Å². The van der Waals surface area contributed by atoms with Crippen molar-refractivity contribution in [2.45, 2.75) is 18.7 Å². The summed E-state index contributed by atoms with van der Waals surface area (Å²) in [5.74, 6) is 0.644. The van der Waals surface area contributed by atoms with Gasteiger partial charge in [-0.2, -0.15) is 0 Å². The van der Waals surface area contributed by atoms with Crippen molar-refractivity contribution in [1.29, 1.82) is 0 Å². The molecule has 0 saturated carbocycles. The van der Waals surface area contributed by atoms with Crippen LogP contribution in [0.25, 0.3) is 10.8 Å². The molecule has 106 valence electrons. The molecule has 0 unspecified atom stereocenters. The fourth-order valence-corrected chi connectivity index (χ4v) is 2.66. The molecule has 4 nitrogen and oxygen atoms in total. The summed E-state index contributed by atoms with van der Waals surface area (Å²) in [7, 11) is -3.75. The number of benzene rings is 2. The highest BCUT2D eigenvalue weighted by atomic mass is 32.2. The van der Waals surface area contributed by atoms with Crippen LogP contribution in [0.15, 0.2) is 52.9 Å². The highest BCUT2D eigenvalue weighted by molar-refractivity contribution is 7.89. The average Bonchev–Trinajstić information content (AvgIpc) is 2.37. The van der Waals surface area contributed by atoms with Crippen molar-refractivity contribution in [3.05, 3.63) is 48.0 Å². The zero-order chi connectivity index (χ0) is 14.8. The first kappa shape index (κ1) is 14.6. The van der Waals surface area contributed by atoms with Gasteiger partial charge in [-0.25, -0.2) is 13.6 Å². The van der Waals surface area contributed by atoms with Crippen LogP contribution in [0.5, 0.6) is 5.75 Å². The number of nitrogens with two attached hydrogens (primary N) is 1. The molecule has 0 heterocycles. The van der Waals surface area contributed by atoms with Crippen LogP contribution in [0.3, 0.4) is 0 Å². The molecule has 0 aliphatic rings. The van der Waals surface area contributed by atoms with Crippen molar-refractivity contribution in [2.75, 3.05) is 6.61 Å². The second kappa shape index (κ2) is 5.64. The van der Waals surface area contributed by atoms with E-state index >= 15 is 0 Å². The van der Waals surface area contributed by atoms with Gasteiger partial charge in [0.25, 0.3) is 0 Å². The molecule has 0 saturated heterocycles. The van der Waals surface area contributed by atoms with Gasteiger partial charge in [0.2, 0.25) is 10.0 Å². The van der Waals surface area contributed by atoms with Gasteiger partial charge < -0.3 is 4.74 Å². The monoisotopic (exact) mass is 291 g/mol. The first-order chi connectivity index (χ1) is 9.39. The lowest BCUT2D eigenvalue weighted by molar-refractivity contribution is 0.366.